The Morgan fingerprint density at radius 2 is 2.14 bits per heavy atom. The number of likely N-dealkylation sites (tertiary alicyclic amines) is 1. The molecule has 1 aromatic rings. The van der Waals surface area contributed by atoms with Crippen LogP contribution in [0.4, 0.5) is 13.2 Å². The molecule has 1 aromatic carbocycles. The summed E-state index contributed by atoms with van der Waals surface area (Å²) in [7, 11) is 0. The molecule has 1 aliphatic heterocycles. The summed E-state index contributed by atoms with van der Waals surface area (Å²) in [5, 5.41) is 0. The van der Waals surface area contributed by atoms with Gasteiger partial charge in [0.2, 0.25) is 0 Å². The van der Waals surface area contributed by atoms with Crippen LogP contribution >= 0.6 is 0 Å². The zero-order chi connectivity index (χ0) is 15.6. The van der Waals surface area contributed by atoms with Gasteiger partial charge in [-0.2, -0.15) is 13.2 Å². The zero-order valence-electron chi connectivity index (χ0n) is 11.9. The first-order valence-corrected chi connectivity index (χ1v) is 6.99. The van der Waals surface area contributed by atoms with E-state index in [1.165, 1.54) is 12.1 Å². The molecule has 2 rings (SSSR count). The van der Waals surface area contributed by atoms with Crippen molar-refractivity contribution in [2.75, 3.05) is 19.6 Å². The molecular formula is C15H19F3N2O. The normalized spacial score (nSPS) is 23.2. The first kappa shape index (κ1) is 15.8. The standard InChI is InChI=1S/C15H19F3N2O/c1-10-5-6-20(9-12(10)8-19)14(21)11-3-2-4-13(7-11)15(16,17)18/h2-4,7,10,12H,5-6,8-9,19H2,1H3. The molecular weight excluding hydrogens is 281 g/mol. The second-order valence-electron chi connectivity index (χ2n) is 5.59. The van der Waals surface area contributed by atoms with Crippen LogP contribution in [0.15, 0.2) is 24.3 Å². The van der Waals surface area contributed by atoms with E-state index in [1.807, 2.05) is 0 Å². The molecule has 0 aliphatic carbocycles. The van der Waals surface area contributed by atoms with Gasteiger partial charge in [0.25, 0.3) is 5.91 Å². The first-order chi connectivity index (χ1) is 9.82. The molecule has 6 heteroatoms. The minimum Gasteiger partial charge on any atom is -0.338 e. The molecule has 0 radical (unpaired) electrons. The van der Waals surface area contributed by atoms with Crippen molar-refractivity contribution in [1.82, 2.24) is 4.90 Å². The Labute approximate surface area is 121 Å². The summed E-state index contributed by atoms with van der Waals surface area (Å²) in [6.45, 7) is 3.64. The predicted octanol–water partition coefficient (Wildman–Crippen LogP) is 2.76. The van der Waals surface area contributed by atoms with E-state index in [4.69, 9.17) is 5.73 Å². The summed E-state index contributed by atoms with van der Waals surface area (Å²) in [5.74, 6) is 0.278. The van der Waals surface area contributed by atoms with Crippen molar-refractivity contribution in [3.63, 3.8) is 0 Å². The molecule has 0 aromatic heterocycles. The minimum atomic E-state index is -4.44. The SMILES string of the molecule is CC1CCN(C(=O)c2cccc(C(F)(F)F)c2)CC1CN. The van der Waals surface area contributed by atoms with Gasteiger partial charge >= 0.3 is 6.18 Å². The van der Waals surface area contributed by atoms with E-state index in [0.29, 0.717) is 25.6 Å². The Kier molecular flexibility index (Phi) is 4.56. The van der Waals surface area contributed by atoms with Gasteiger partial charge in [-0.3, -0.25) is 4.79 Å². The molecule has 0 saturated carbocycles. The summed E-state index contributed by atoms with van der Waals surface area (Å²) in [5.41, 5.74) is 4.97. The second-order valence-corrected chi connectivity index (χ2v) is 5.59. The van der Waals surface area contributed by atoms with Crippen LogP contribution in [0.5, 0.6) is 0 Å². The molecule has 1 aliphatic rings. The Hall–Kier alpha value is -1.56. The van der Waals surface area contributed by atoms with Crippen molar-refractivity contribution in [2.45, 2.75) is 19.5 Å². The molecule has 21 heavy (non-hydrogen) atoms. The number of alkyl halides is 3. The average molecular weight is 300 g/mol. The van der Waals surface area contributed by atoms with Gasteiger partial charge < -0.3 is 10.6 Å². The molecule has 1 heterocycles. The zero-order valence-corrected chi connectivity index (χ0v) is 11.9. The van der Waals surface area contributed by atoms with Gasteiger partial charge in [-0.1, -0.05) is 13.0 Å². The van der Waals surface area contributed by atoms with Gasteiger partial charge in [0.15, 0.2) is 0 Å². The van der Waals surface area contributed by atoms with E-state index in [1.54, 1.807) is 4.90 Å². The van der Waals surface area contributed by atoms with Crippen LogP contribution in [-0.4, -0.2) is 30.4 Å². The summed E-state index contributed by atoms with van der Waals surface area (Å²) < 4.78 is 38.1. The lowest BCUT2D eigenvalue weighted by molar-refractivity contribution is -0.137. The average Bonchev–Trinajstić information content (AvgIpc) is 2.46. The number of amides is 1. The van der Waals surface area contributed by atoms with E-state index < -0.39 is 11.7 Å². The van der Waals surface area contributed by atoms with Gasteiger partial charge in [-0.25, -0.2) is 0 Å². The summed E-state index contributed by atoms with van der Waals surface area (Å²) in [6.07, 6.45) is -3.61. The smallest absolute Gasteiger partial charge is 0.338 e. The largest absolute Gasteiger partial charge is 0.416 e. The highest BCUT2D eigenvalue weighted by atomic mass is 19.4. The van der Waals surface area contributed by atoms with Crippen LogP contribution in [0.3, 0.4) is 0 Å². The number of carbonyl (C=O) groups is 1. The molecule has 1 saturated heterocycles. The molecule has 2 atom stereocenters. The predicted molar refractivity (Wildman–Crippen MR) is 73.7 cm³/mol. The highest BCUT2D eigenvalue weighted by Crippen LogP contribution is 2.30. The molecule has 2 N–H and O–H groups in total. The van der Waals surface area contributed by atoms with E-state index in [9.17, 15) is 18.0 Å². The van der Waals surface area contributed by atoms with Crippen molar-refractivity contribution in [3.8, 4) is 0 Å². The number of rotatable bonds is 2. The second kappa shape index (κ2) is 6.05. The summed E-state index contributed by atoms with van der Waals surface area (Å²) in [4.78, 5) is 14.0. The number of halogens is 3. The Bertz CT molecular complexity index is 516. The third-order valence-corrected chi connectivity index (χ3v) is 4.14. The van der Waals surface area contributed by atoms with Gasteiger partial charge in [0.1, 0.15) is 0 Å². The first-order valence-electron chi connectivity index (χ1n) is 6.99. The van der Waals surface area contributed by atoms with Crippen molar-refractivity contribution in [2.24, 2.45) is 17.6 Å². The van der Waals surface area contributed by atoms with Crippen molar-refractivity contribution in [3.05, 3.63) is 35.4 Å². The number of carbonyl (C=O) groups excluding carboxylic acids is 1. The van der Waals surface area contributed by atoms with E-state index in [0.717, 1.165) is 18.6 Å². The number of nitrogens with zero attached hydrogens (tertiary/aromatic N) is 1. The van der Waals surface area contributed by atoms with Crippen LogP contribution in [0.1, 0.15) is 29.3 Å². The molecule has 0 bridgehead atoms. The Morgan fingerprint density at radius 1 is 1.43 bits per heavy atom. The molecule has 1 amide bonds. The van der Waals surface area contributed by atoms with Crippen molar-refractivity contribution >= 4 is 5.91 Å². The van der Waals surface area contributed by atoms with Gasteiger partial charge in [0, 0.05) is 18.7 Å². The molecule has 0 spiro atoms. The monoisotopic (exact) mass is 300 g/mol. The van der Waals surface area contributed by atoms with Crippen LogP contribution in [-0.2, 0) is 6.18 Å². The fourth-order valence-corrected chi connectivity index (χ4v) is 2.65. The molecule has 3 nitrogen and oxygen atoms in total. The van der Waals surface area contributed by atoms with E-state index in [-0.39, 0.29) is 17.4 Å². The number of hydrogen-bond donors (Lipinski definition) is 1. The number of benzene rings is 1. The lowest BCUT2D eigenvalue weighted by Gasteiger charge is -2.36. The maximum atomic E-state index is 12.7. The summed E-state index contributed by atoms with van der Waals surface area (Å²) >= 11 is 0. The molecule has 116 valence electrons. The third-order valence-electron chi connectivity index (χ3n) is 4.14. The van der Waals surface area contributed by atoms with Gasteiger partial charge in [-0.15, -0.1) is 0 Å². The Balaban J connectivity index is 2.17. The van der Waals surface area contributed by atoms with Crippen LogP contribution in [0.2, 0.25) is 0 Å². The fourth-order valence-electron chi connectivity index (χ4n) is 2.65. The van der Waals surface area contributed by atoms with Gasteiger partial charge in [0.05, 0.1) is 5.56 Å². The maximum Gasteiger partial charge on any atom is 0.416 e. The van der Waals surface area contributed by atoms with E-state index in [2.05, 4.69) is 6.92 Å². The van der Waals surface area contributed by atoms with Crippen molar-refractivity contribution in [1.29, 1.82) is 0 Å². The van der Waals surface area contributed by atoms with Crippen LogP contribution in [0, 0.1) is 11.8 Å². The van der Waals surface area contributed by atoms with Crippen molar-refractivity contribution < 1.29 is 18.0 Å². The number of nitrogens with two attached hydrogens (primary N) is 1. The van der Waals surface area contributed by atoms with Crippen LogP contribution in [0.25, 0.3) is 0 Å². The Morgan fingerprint density at radius 3 is 2.76 bits per heavy atom. The highest BCUT2D eigenvalue weighted by Gasteiger charge is 2.32. The van der Waals surface area contributed by atoms with E-state index >= 15 is 0 Å². The fraction of sp³-hybridized carbons (Fsp3) is 0.533. The lowest BCUT2D eigenvalue weighted by Crippen LogP contribution is -2.45. The number of hydrogen-bond acceptors (Lipinski definition) is 2. The van der Waals surface area contributed by atoms with Gasteiger partial charge in [-0.05, 0) is 43.0 Å². The lowest BCUT2D eigenvalue weighted by atomic mass is 9.87. The highest BCUT2D eigenvalue weighted by molar-refractivity contribution is 5.94. The summed E-state index contributed by atoms with van der Waals surface area (Å²) in [6, 6.07) is 4.58. The minimum absolute atomic E-state index is 0.0788. The molecule has 1 fully saturated rings. The topological polar surface area (TPSA) is 46.3 Å². The van der Waals surface area contributed by atoms with Crippen LogP contribution < -0.4 is 5.73 Å². The third kappa shape index (κ3) is 3.56. The quantitative estimate of drug-likeness (QED) is 0.913. The molecule has 2 unspecified atom stereocenters. The number of piperidine rings is 1. The maximum absolute atomic E-state index is 12.7.